The maximum atomic E-state index is 6.01. The molecule has 3 aromatic rings. The summed E-state index contributed by atoms with van der Waals surface area (Å²) in [7, 11) is 1.66. The van der Waals surface area contributed by atoms with Crippen LogP contribution in [-0.4, -0.2) is 21.6 Å². The number of nitrogens with zero attached hydrogens (tertiary/aromatic N) is 3. The number of methoxy groups -OCH3 is 1. The molecule has 23 heavy (non-hydrogen) atoms. The van der Waals surface area contributed by atoms with Gasteiger partial charge in [-0.25, -0.2) is 4.98 Å². The van der Waals surface area contributed by atoms with Gasteiger partial charge < -0.3 is 9.30 Å². The Kier molecular flexibility index (Phi) is 4.98. The molecule has 0 saturated carbocycles. The van der Waals surface area contributed by atoms with Crippen LogP contribution in [0.1, 0.15) is 5.56 Å². The van der Waals surface area contributed by atoms with Gasteiger partial charge in [0.15, 0.2) is 5.82 Å². The minimum absolute atomic E-state index is 0.673. The van der Waals surface area contributed by atoms with E-state index in [0.29, 0.717) is 5.02 Å². The molecule has 0 spiro atoms. The summed E-state index contributed by atoms with van der Waals surface area (Å²) in [5.74, 6) is 1.65. The summed E-state index contributed by atoms with van der Waals surface area (Å²) < 4.78 is 8.47. The zero-order valence-corrected chi connectivity index (χ0v) is 14.9. The summed E-state index contributed by atoms with van der Waals surface area (Å²) in [6.45, 7) is 0.779. The monoisotopic (exact) mass is 391 g/mol. The first kappa shape index (κ1) is 16.0. The van der Waals surface area contributed by atoms with Crippen LogP contribution < -0.4 is 4.74 Å². The second-order valence-corrected chi connectivity index (χ2v) is 6.36. The fourth-order valence-electron chi connectivity index (χ4n) is 2.42. The van der Waals surface area contributed by atoms with Gasteiger partial charge in [-0.05, 0) is 36.2 Å². The third-order valence-corrected chi connectivity index (χ3v) is 4.27. The smallest absolute Gasteiger partial charge is 0.158 e. The molecular weight excluding hydrogens is 378 g/mol. The summed E-state index contributed by atoms with van der Waals surface area (Å²) in [4.78, 5) is 8.81. The number of aromatic nitrogens is 3. The van der Waals surface area contributed by atoms with E-state index in [0.717, 1.165) is 40.3 Å². The maximum absolute atomic E-state index is 6.01. The van der Waals surface area contributed by atoms with Crippen LogP contribution in [0.15, 0.2) is 53.4 Å². The third kappa shape index (κ3) is 3.74. The number of imidazole rings is 1. The van der Waals surface area contributed by atoms with E-state index in [2.05, 4.69) is 30.5 Å². The van der Waals surface area contributed by atoms with Crippen LogP contribution in [0.2, 0.25) is 5.02 Å². The average molecular weight is 393 g/mol. The number of pyridine rings is 1. The molecule has 6 heteroatoms. The number of hydrogen-bond acceptors (Lipinski definition) is 3. The van der Waals surface area contributed by atoms with Gasteiger partial charge >= 0.3 is 0 Å². The number of aryl methyl sites for hydroxylation is 2. The van der Waals surface area contributed by atoms with Crippen LogP contribution in [0.25, 0.3) is 11.5 Å². The van der Waals surface area contributed by atoms with Gasteiger partial charge in [0.1, 0.15) is 11.4 Å². The molecule has 3 rings (SSSR count). The molecule has 0 unspecified atom stereocenters. The highest BCUT2D eigenvalue weighted by Crippen LogP contribution is 2.25. The lowest BCUT2D eigenvalue weighted by Crippen LogP contribution is -2.04. The molecule has 0 atom stereocenters. The van der Waals surface area contributed by atoms with Crippen molar-refractivity contribution in [1.82, 2.24) is 14.5 Å². The molecule has 0 amide bonds. The normalized spacial score (nSPS) is 10.7. The lowest BCUT2D eigenvalue weighted by Gasteiger charge is -2.11. The topological polar surface area (TPSA) is 39.9 Å². The van der Waals surface area contributed by atoms with Gasteiger partial charge in [0.2, 0.25) is 0 Å². The Morgan fingerprint density at radius 3 is 2.83 bits per heavy atom. The van der Waals surface area contributed by atoms with Gasteiger partial charge in [-0.2, -0.15) is 0 Å². The van der Waals surface area contributed by atoms with Crippen molar-refractivity contribution in [2.24, 2.45) is 0 Å². The Labute approximate surface area is 148 Å². The molecule has 0 radical (unpaired) electrons. The number of rotatable bonds is 5. The molecule has 0 bridgehead atoms. The lowest BCUT2D eigenvalue weighted by molar-refractivity contribution is 0.408. The van der Waals surface area contributed by atoms with Gasteiger partial charge in [-0.15, -0.1) is 0 Å². The van der Waals surface area contributed by atoms with Crippen LogP contribution in [0, 0.1) is 0 Å². The Bertz CT molecular complexity index is 819. The Balaban J connectivity index is 1.81. The maximum Gasteiger partial charge on any atom is 0.158 e. The number of hydrogen-bond donors (Lipinski definition) is 0. The Morgan fingerprint density at radius 1 is 1.17 bits per heavy atom. The zero-order valence-electron chi connectivity index (χ0n) is 12.5. The van der Waals surface area contributed by atoms with Gasteiger partial charge in [-0.3, -0.25) is 4.98 Å². The minimum Gasteiger partial charge on any atom is -0.496 e. The second kappa shape index (κ2) is 7.15. The standard InChI is InChI=1S/C17H15BrClN3O/c1-23-16-11-14(19)3-2-12(16)5-8-22-9-7-21-17(22)15-10-13(18)4-6-20-15/h2-4,6-7,9-11H,5,8H2,1H3. The second-order valence-electron chi connectivity index (χ2n) is 5.01. The van der Waals surface area contributed by atoms with E-state index in [1.54, 1.807) is 19.5 Å². The average Bonchev–Trinajstić information content (AvgIpc) is 3.02. The van der Waals surface area contributed by atoms with Crippen LogP contribution in [0.3, 0.4) is 0 Å². The van der Waals surface area contributed by atoms with E-state index in [9.17, 15) is 0 Å². The number of benzene rings is 1. The predicted octanol–water partition coefficient (Wildman–Crippen LogP) is 4.61. The van der Waals surface area contributed by atoms with Crippen LogP contribution in [0.4, 0.5) is 0 Å². The summed E-state index contributed by atoms with van der Waals surface area (Å²) in [6, 6.07) is 9.57. The molecule has 2 heterocycles. The molecule has 4 nitrogen and oxygen atoms in total. The van der Waals surface area contributed by atoms with E-state index in [1.807, 2.05) is 36.5 Å². The largest absolute Gasteiger partial charge is 0.496 e. The van der Waals surface area contributed by atoms with Crippen molar-refractivity contribution >= 4 is 27.5 Å². The highest BCUT2D eigenvalue weighted by atomic mass is 79.9. The zero-order chi connectivity index (χ0) is 16.2. The van der Waals surface area contributed by atoms with Crippen molar-refractivity contribution in [2.75, 3.05) is 7.11 Å². The molecule has 0 aliphatic carbocycles. The third-order valence-electron chi connectivity index (χ3n) is 3.54. The quantitative estimate of drug-likeness (QED) is 0.636. The molecule has 0 aliphatic rings. The predicted molar refractivity (Wildman–Crippen MR) is 94.9 cm³/mol. The van der Waals surface area contributed by atoms with E-state index >= 15 is 0 Å². The Hall–Kier alpha value is -1.85. The number of ether oxygens (including phenoxy) is 1. The van der Waals surface area contributed by atoms with Gasteiger partial charge in [-0.1, -0.05) is 33.6 Å². The molecular formula is C17H15BrClN3O. The molecule has 118 valence electrons. The molecule has 1 aromatic carbocycles. The highest BCUT2D eigenvalue weighted by molar-refractivity contribution is 9.10. The first-order valence-electron chi connectivity index (χ1n) is 7.13. The van der Waals surface area contributed by atoms with Crippen molar-refractivity contribution in [1.29, 1.82) is 0 Å². The van der Waals surface area contributed by atoms with Crippen molar-refractivity contribution in [3.8, 4) is 17.3 Å². The summed E-state index contributed by atoms with van der Waals surface area (Å²) in [6.07, 6.45) is 6.33. The van der Waals surface area contributed by atoms with Gasteiger partial charge in [0, 0.05) is 34.6 Å². The molecule has 2 aromatic heterocycles. The SMILES string of the molecule is COc1cc(Cl)ccc1CCn1ccnc1-c1cc(Br)ccn1. The first-order chi connectivity index (χ1) is 11.2. The summed E-state index contributed by atoms with van der Waals surface area (Å²) in [5, 5.41) is 0.673. The molecule has 0 aliphatic heterocycles. The van der Waals surface area contributed by atoms with Gasteiger partial charge in [0.25, 0.3) is 0 Å². The van der Waals surface area contributed by atoms with Crippen molar-refractivity contribution < 1.29 is 4.74 Å². The first-order valence-corrected chi connectivity index (χ1v) is 8.30. The van der Waals surface area contributed by atoms with Crippen molar-refractivity contribution in [2.45, 2.75) is 13.0 Å². The molecule has 0 saturated heterocycles. The molecule has 0 N–H and O–H groups in total. The van der Waals surface area contributed by atoms with Crippen LogP contribution >= 0.6 is 27.5 Å². The van der Waals surface area contributed by atoms with Gasteiger partial charge in [0.05, 0.1) is 7.11 Å². The van der Waals surface area contributed by atoms with E-state index in [4.69, 9.17) is 16.3 Å². The lowest BCUT2D eigenvalue weighted by atomic mass is 10.1. The minimum atomic E-state index is 0.673. The van der Waals surface area contributed by atoms with Crippen LogP contribution in [0.5, 0.6) is 5.75 Å². The highest BCUT2D eigenvalue weighted by Gasteiger charge is 2.09. The number of halogens is 2. The summed E-state index contributed by atoms with van der Waals surface area (Å²) in [5.41, 5.74) is 1.95. The fraction of sp³-hybridized carbons (Fsp3) is 0.176. The van der Waals surface area contributed by atoms with E-state index in [-0.39, 0.29) is 0 Å². The van der Waals surface area contributed by atoms with Crippen molar-refractivity contribution in [3.63, 3.8) is 0 Å². The fourth-order valence-corrected chi connectivity index (χ4v) is 2.91. The summed E-state index contributed by atoms with van der Waals surface area (Å²) >= 11 is 9.48. The van der Waals surface area contributed by atoms with E-state index in [1.165, 1.54) is 0 Å². The Morgan fingerprint density at radius 2 is 2.04 bits per heavy atom. The molecule has 0 fully saturated rings. The van der Waals surface area contributed by atoms with E-state index < -0.39 is 0 Å². The van der Waals surface area contributed by atoms with Crippen molar-refractivity contribution in [3.05, 3.63) is 64.0 Å². The van der Waals surface area contributed by atoms with Crippen LogP contribution in [-0.2, 0) is 13.0 Å².